The van der Waals surface area contributed by atoms with E-state index in [0.29, 0.717) is 5.76 Å². The number of aliphatic hydroxyl groups excluding tert-OH is 2. The third-order valence-corrected chi connectivity index (χ3v) is 3.61. The molecule has 1 aromatic carbocycles. The van der Waals surface area contributed by atoms with Crippen molar-refractivity contribution in [1.29, 1.82) is 0 Å². The predicted molar refractivity (Wildman–Crippen MR) is 81.2 cm³/mol. The van der Waals surface area contributed by atoms with E-state index >= 15 is 0 Å². The first-order chi connectivity index (χ1) is 10.4. The summed E-state index contributed by atoms with van der Waals surface area (Å²) in [5.41, 5.74) is 1.50. The Labute approximate surface area is 129 Å². The summed E-state index contributed by atoms with van der Waals surface area (Å²) in [5.74, 6) is -0.0139. The lowest BCUT2D eigenvalue weighted by Gasteiger charge is -2.35. The van der Waals surface area contributed by atoms with Gasteiger partial charge in [-0.1, -0.05) is 18.7 Å². The zero-order chi connectivity index (χ0) is 16.3. The van der Waals surface area contributed by atoms with Crippen LogP contribution in [0.3, 0.4) is 0 Å². The Kier molecular flexibility index (Phi) is 5.34. The van der Waals surface area contributed by atoms with Crippen LogP contribution in [0.15, 0.2) is 42.7 Å². The van der Waals surface area contributed by atoms with Crippen LogP contribution < -0.4 is 0 Å². The van der Waals surface area contributed by atoms with Crippen LogP contribution in [-0.2, 0) is 9.47 Å². The molecular weight excluding hydrogens is 287 g/mol. The van der Waals surface area contributed by atoms with Crippen molar-refractivity contribution in [3.63, 3.8) is 0 Å². The Morgan fingerprint density at radius 2 is 2.14 bits per heavy atom. The number of halogens is 1. The SMILES string of the molecule is C=C(/C=C(\C)c1cccc(F)c1)OC1O[C@@H](C)C(O)C[C@H]1O. The molecular formula is C17H21FO4. The van der Waals surface area contributed by atoms with Crippen molar-refractivity contribution in [2.75, 3.05) is 0 Å². The third kappa shape index (κ3) is 4.16. The van der Waals surface area contributed by atoms with Crippen molar-refractivity contribution in [3.8, 4) is 0 Å². The van der Waals surface area contributed by atoms with Crippen LogP contribution in [0, 0.1) is 5.82 Å². The highest BCUT2D eigenvalue weighted by Gasteiger charge is 2.35. The van der Waals surface area contributed by atoms with Crippen molar-refractivity contribution in [3.05, 3.63) is 54.1 Å². The summed E-state index contributed by atoms with van der Waals surface area (Å²) in [6.07, 6.45) is -1.10. The minimum atomic E-state index is -0.925. The zero-order valence-corrected chi connectivity index (χ0v) is 12.7. The van der Waals surface area contributed by atoms with Crippen LogP contribution in [0.2, 0.25) is 0 Å². The molecule has 0 radical (unpaired) electrons. The van der Waals surface area contributed by atoms with E-state index in [-0.39, 0.29) is 12.2 Å². The molecule has 2 unspecified atom stereocenters. The topological polar surface area (TPSA) is 58.9 Å². The molecule has 5 heteroatoms. The van der Waals surface area contributed by atoms with Gasteiger partial charge in [0.2, 0.25) is 6.29 Å². The van der Waals surface area contributed by atoms with Crippen LogP contribution in [0.25, 0.3) is 5.57 Å². The summed E-state index contributed by atoms with van der Waals surface area (Å²) in [5, 5.41) is 19.5. The maximum atomic E-state index is 13.2. The minimum absolute atomic E-state index is 0.186. The zero-order valence-electron chi connectivity index (χ0n) is 12.7. The van der Waals surface area contributed by atoms with E-state index in [1.165, 1.54) is 12.1 Å². The summed E-state index contributed by atoms with van der Waals surface area (Å²) in [6, 6.07) is 6.21. The van der Waals surface area contributed by atoms with Crippen molar-refractivity contribution in [2.45, 2.75) is 44.9 Å². The molecule has 1 saturated heterocycles. The molecule has 4 nitrogen and oxygen atoms in total. The van der Waals surface area contributed by atoms with Crippen LogP contribution in [0.1, 0.15) is 25.8 Å². The Hall–Kier alpha value is -1.69. The number of ether oxygens (including phenoxy) is 2. The molecule has 22 heavy (non-hydrogen) atoms. The van der Waals surface area contributed by atoms with Gasteiger partial charge in [-0.3, -0.25) is 0 Å². The Bertz CT molecular complexity index is 570. The highest BCUT2D eigenvalue weighted by Crippen LogP contribution is 2.24. The molecule has 0 aromatic heterocycles. The van der Waals surface area contributed by atoms with E-state index in [2.05, 4.69) is 6.58 Å². The summed E-state index contributed by atoms with van der Waals surface area (Å²) in [7, 11) is 0. The van der Waals surface area contributed by atoms with Gasteiger partial charge in [0.15, 0.2) is 0 Å². The summed E-state index contributed by atoms with van der Waals surface area (Å²) in [4.78, 5) is 0. The van der Waals surface area contributed by atoms with Crippen LogP contribution >= 0.6 is 0 Å². The number of hydrogen-bond acceptors (Lipinski definition) is 4. The quantitative estimate of drug-likeness (QED) is 0.663. The fourth-order valence-corrected chi connectivity index (χ4v) is 2.29. The molecule has 1 aliphatic heterocycles. The van der Waals surface area contributed by atoms with E-state index in [4.69, 9.17) is 9.47 Å². The predicted octanol–water partition coefficient (Wildman–Crippen LogP) is 2.62. The van der Waals surface area contributed by atoms with E-state index in [0.717, 1.165) is 11.1 Å². The van der Waals surface area contributed by atoms with Gasteiger partial charge >= 0.3 is 0 Å². The van der Waals surface area contributed by atoms with Gasteiger partial charge in [0.25, 0.3) is 0 Å². The second-order valence-electron chi connectivity index (χ2n) is 5.50. The van der Waals surface area contributed by atoms with Crippen LogP contribution in [-0.4, -0.2) is 34.8 Å². The van der Waals surface area contributed by atoms with E-state index < -0.39 is 24.6 Å². The van der Waals surface area contributed by atoms with Crippen LogP contribution in [0.4, 0.5) is 4.39 Å². The molecule has 0 amide bonds. The fourth-order valence-electron chi connectivity index (χ4n) is 2.29. The normalized spacial score (nSPS) is 29.2. The fraction of sp³-hybridized carbons (Fsp3) is 0.412. The molecule has 0 bridgehead atoms. The minimum Gasteiger partial charge on any atom is -0.463 e. The van der Waals surface area contributed by atoms with Crippen molar-refractivity contribution >= 4 is 5.57 Å². The largest absolute Gasteiger partial charge is 0.463 e. The van der Waals surface area contributed by atoms with Gasteiger partial charge in [0.1, 0.15) is 17.7 Å². The molecule has 0 saturated carbocycles. The average Bonchev–Trinajstić information content (AvgIpc) is 2.44. The molecule has 4 atom stereocenters. The molecule has 120 valence electrons. The third-order valence-electron chi connectivity index (χ3n) is 3.61. The van der Waals surface area contributed by atoms with Gasteiger partial charge in [-0.05, 0) is 43.2 Å². The second-order valence-corrected chi connectivity index (χ2v) is 5.50. The lowest BCUT2D eigenvalue weighted by Crippen LogP contribution is -2.46. The lowest BCUT2D eigenvalue weighted by atomic mass is 10.0. The van der Waals surface area contributed by atoms with Crippen molar-refractivity contribution < 1.29 is 24.1 Å². The van der Waals surface area contributed by atoms with Crippen LogP contribution in [0.5, 0.6) is 0 Å². The first-order valence-corrected chi connectivity index (χ1v) is 7.18. The van der Waals surface area contributed by atoms with Crippen molar-refractivity contribution in [1.82, 2.24) is 0 Å². The molecule has 0 spiro atoms. The molecule has 1 fully saturated rings. The Morgan fingerprint density at radius 3 is 2.82 bits per heavy atom. The first kappa shape index (κ1) is 16.7. The van der Waals surface area contributed by atoms with E-state index in [1.807, 2.05) is 6.92 Å². The number of aliphatic hydroxyl groups is 2. The molecule has 2 N–H and O–H groups in total. The van der Waals surface area contributed by atoms with Gasteiger partial charge < -0.3 is 19.7 Å². The molecule has 0 aliphatic carbocycles. The maximum absolute atomic E-state index is 13.2. The Balaban J connectivity index is 2.01. The van der Waals surface area contributed by atoms with Gasteiger partial charge in [0.05, 0.1) is 12.2 Å². The van der Waals surface area contributed by atoms with Crippen molar-refractivity contribution in [2.24, 2.45) is 0 Å². The first-order valence-electron chi connectivity index (χ1n) is 7.18. The summed E-state index contributed by atoms with van der Waals surface area (Å²) in [6.45, 7) is 7.29. The highest BCUT2D eigenvalue weighted by atomic mass is 19.1. The number of benzene rings is 1. The van der Waals surface area contributed by atoms with Gasteiger partial charge in [-0.2, -0.15) is 0 Å². The second kappa shape index (κ2) is 7.05. The molecule has 1 heterocycles. The monoisotopic (exact) mass is 308 g/mol. The number of hydrogen-bond donors (Lipinski definition) is 2. The summed E-state index contributed by atoms with van der Waals surface area (Å²) >= 11 is 0. The number of allylic oxidation sites excluding steroid dienone is 2. The maximum Gasteiger partial charge on any atom is 0.226 e. The van der Waals surface area contributed by atoms with E-state index in [1.54, 1.807) is 25.1 Å². The highest BCUT2D eigenvalue weighted by molar-refractivity contribution is 5.65. The molecule has 1 aliphatic rings. The van der Waals surface area contributed by atoms with E-state index in [9.17, 15) is 14.6 Å². The lowest BCUT2D eigenvalue weighted by molar-refractivity contribution is -0.246. The standard InChI is InChI=1S/C17H21FO4/c1-10(13-5-4-6-14(18)8-13)7-11(2)21-17-16(20)9-15(19)12(3)22-17/h4-8,12,15-17,19-20H,2,9H2,1,3H3/b10-7+/t12-,15?,16+,17?/m0/s1. The van der Waals surface area contributed by atoms with Gasteiger partial charge in [-0.25, -0.2) is 4.39 Å². The molecule has 1 aromatic rings. The molecule has 2 rings (SSSR count). The number of rotatable bonds is 4. The smallest absolute Gasteiger partial charge is 0.226 e. The average molecular weight is 308 g/mol. The van der Waals surface area contributed by atoms with Gasteiger partial charge in [0, 0.05) is 6.42 Å². The van der Waals surface area contributed by atoms with Gasteiger partial charge in [-0.15, -0.1) is 0 Å². The Morgan fingerprint density at radius 1 is 1.41 bits per heavy atom. The summed E-state index contributed by atoms with van der Waals surface area (Å²) < 4.78 is 24.1.